The Balaban J connectivity index is 2.04. The van der Waals surface area contributed by atoms with Gasteiger partial charge in [0.1, 0.15) is 11.6 Å². The normalized spacial score (nSPS) is 10.9. The van der Waals surface area contributed by atoms with Gasteiger partial charge in [-0.05, 0) is 28.5 Å². The van der Waals surface area contributed by atoms with Crippen molar-refractivity contribution in [3.63, 3.8) is 0 Å². The number of nitrogen functional groups attached to an aromatic ring is 1. The van der Waals surface area contributed by atoms with Crippen LogP contribution in [0.15, 0.2) is 41.8 Å². The summed E-state index contributed by atoms with van der Waals surface area (Å²) in [5.74, 6) is 0.0905. The number of ether oxygens (including phenoxy) is 1. The van der Waals surface area contributed by atoms with E-state index in [2.05, 4.69) is 17.5 Å². The third kappa shape index (κ3) is 2.23. The number of hydrogen-bond acceptors (Lipinski definition) is 3. The zero-order valence-electron chi connectivity index (χ0n) is 11.0. The van der Waals surface area contributed by atoms with Crippen LogP contribution in [0.3, 0.4) is 0 Å². The zero-order chi connectivity index (χ0) is 14.1. The van der Waals surface area contributed by atoms with Gasteiger partial charge in [-0.15, -0.1) is 11.3 Å². The summed E-state index contributed by atoms with van der Waals surface area (Å²) in [7, 11) is 1.54. The van der Waals surface area contributed by atoms with Crippen LogP contribution in [-0.4, -0.2) is 7.11 Å². The summed E-state index contributed by atoms with van der Waals surface area (Å²) in [6, 6.07) is 11.2. The highest BCUT2D eigenvalue weighted by Gasteiger charge is 2.11. The molecule has 0 unspecified atom stereocenters. The van der Waals surface area contributed by atoms with Crippen molar-refractivity contribution in [1.29, 1.82) is 0 Å². The second-order valence-corrected chi connectivity index (χ2v) is 5.53. The van der Waals surface area contributed by atoms with Crippen molar-refractivity contribution in [2.24, 2.45) is 0 Å². The van der Waals surface area contributed by atoms with E-state index in [9.17, 15) is 4.39 Å². The molecule has 2 aromatic carbocycles. The molecule has 0 atom stereocenters. The molecule has 1 heterocycles. The molecule has 0 amide bonds. The molecule has 0 saturated heterocycles. The van der Waals surface area contributed by atoms with Crippen LogP contribution < -0.4 is 10.5 Å². The third-order valence-corrected chi connectivity index (χ3v) is 4.35. The lowest BCUT2D eigenvalue weighted by atomic mass is 10.0. The van der Waals surface area contributed by atoms with Crippen LogP contribution in [0.5, 0.6) is 5.75 Å². The van der Waals surface area contributed by atoms with Crippen LogP contribution >= 0.6 is 11.3 Å². The fraction of sp³-hybridized carbons (Fsp3) is 0.125. The quantitative estimate of drug-likeness (QED) is 0.732. The maximum atomic E-state index is 13.5. The number of hydrogen-bond donors (Lipinski definition) is 1. The van der Waals surface area contributed by atoms with Crippen molar-refractivity contribution in [3.05, 3.63) is 58.7 Å². The van der Waals surface area contributed by atoms with E-state index in [1.807, 2.05) is 12.1 Å². The Kier molecular flexibility index (Phi) is 3.32. The van der Waals surface area contributed by atoms with Crippen molar-refractivity contribution in [3.8, 4) is 5.75 Å². The van der Waals surface area contributed by atoms with E-state index in [1.165, 1.54) is 21.7 Å². The summed E-state index contributed by atoms with van der Waals surface area (Å²) in [6.45, 7) is 0. The molecule has 20 heavy (non-hydrogen) atoms. The van der Waals surface area contributed by atoms with Crippen LogP contribution in [0, 0.1) is 5.82 Å². The van der Waals surface area contributed by atoms with Gasteiger partial charge >= 0.3 is 0 Å². The van der Waals surface area contributed by atoms with Crippen molar-refractivity contribution < 1.29 is 9.13 Å². The Morgan fingerprint density at radius 1 is 1.20 bits per heavy atom. The van der Waals surface area contributed by atoms with Gasteiger partial charge in [0.05, 0.1) is 12.8 Å². The molecule has 2 N–H and O–H groups in total. The number of methoxy groups -OCH3 is 1. The standard InChI is InChI=1S/C16H14FNOS/c1-19-15-8-13(17)14(18)7-10(15)6-11-9-20-16-5-3-2-4-12(11)16/h2-5,7-9H,6,18H2,1H3. The molecule has 1 aromatic heterocycles. The Labute approximate surface area is 120 Å². The molecule has 0 bridgehead atoms. The molecule has 0 aliphatic rings. The smallest absolute Gasteiger partial charge is 0.149 e. The SMILES string of the molecule is COc1cc(F)c(N)cc1Cc1csc2ccccc12. The van der Waals surface area contributed by atoms with E-state index in [0.717, 1.165) is 5.56 Å². The van der Waals surface area contributed by atoms with Crippen molar-refractivity contribution in [2.75, 3.05) is 12.8 Å². The summed E-state index contributed by atoms with van der Waals surface area (Å²) >= 11 is 1.71. The molecule has 0 saturated carbocycles. The van der Waals surface area contributed by atoms with Crippen LogP contribution in [-0.2, 0) is 6.42 Å². The minimum atomic E-state index is -0.444. The van der Waals surface area contributed by atoms with E-state index in [1.54, 1.807) is 24.5 Å². The van der Waals surface area contributed by atoms with Crippen LogP contribution in [0.1, 0.15) is 11.1 Å². The van der Waals surface area contributed by atoms with Crippen molar-refractivity contribution >= 4 is 27.1 Å². The van der Waals surface area contributed by atoms with Crippen molar-refractivity contribution in [2.45, 2.75) is 6.42 Å². The minimum absolute atomic E-state index is 0.153. The van der Waals surface area contributed by atoms with Gasteiger partial charge < -0.3 is 10.5 Å². The average molecular weight is 287 g/mol. The first kappa shape index (κ1) is 12.9. The Bertz CT molecular complexity index is 766. The minimum Gasteiger partial charge on any atom is -0.496 e. The fourth-order valence-electron chi connectivity index (χ4n) is 2.32. The predicted molar refractivity (Wildman–Crippen MR) is 82.0 cm³/mol. The number of nitrogens with two attached hydrogens (primary N) is 1. The fourth-order valence-corrected chi connectivity index (χ4v) is 3.28. The molecule has 2 nitrogen and oxygen atoms in total. The molecule has 3 aromatic rings. The lowest BCUT2D eigenvalue weighted by molar-refractivity contribution is 0.407. The second kappa shape index (κ2) is 5.13. The highest BCUT2D eigenvalue weighted by molar-refractivity contribution is 7.17. The third-order valence-electron chi connectivity index (χ3n) is 3.34. The number of anilines is 1. The topological polar surface area (TPSA) is 35.2 Å². The van der Waals surface area contributed by atoms with E-state index in [4.69, 9.17) is 10.5 Å². The highest BCUT2D eigenvalue weighted by atomic mass is 32.1. The maximum Gasteiger partial charge on any atom is 0.149 e. The number of rotatable bonds is 3. The number of fused-ring (bicyclic) bond motifs is 1. The first-order valence-corrected chi connectivity index (χ1v) is 7.14. The summed E-state index contributed by atoms with van der Waals surface area (Å²) < 4.78 is 20.0. The molecule has 102 valence electrons. The maximum absolute atomic E-state index is 13.5. The average Bonchev–Trinajstić information content (AvgIpc) is 2.86. The Morgan fingerprint density at radius 2 is 2.00 bits per heavy atom. The van der Waals surface area contributed by atoms with Gasteiger partial charge in [0.2, 0.25) is 0 Å². The molecular weight excluding hydrogens is 273 g/mol. The van der Waals surface area contributed by atoms with E-state index >= 15 is 0 Å². The predicted octanol–water partition coefficient (Wildman–Crippen LogP) is 4.22. The van der Waals surface area contributed by atoms with Crippen LogP contribution in [0.4, 0.5) is 10.1 Å². The van der Waals surface area contributed by atoms with E-state index in [0.29, 0.717) is 12.2 Å². The van der Waals surface area contributed by atoms with Crippen LogP contribution in [0.2, 0.25) is 0 Å². The zero-order valence-corrected chi connectivity index (χ0v) is 11.8. The number of thiophene rings is 1. The summed E-state index contributed by atoms with van der Waals surface area (Å²) in [5.41, 5.74) is 7.91. The Hall–Kier alpha value is -2.07. The van der Waals surface area contributed by atoms with Gasteiger partial charge in [0, 0.05) is 22.8 Å². The lowest BCUT2D eigenvalue weighted by Gasteiger charge is -2.10. The molecule has 0 spiro atoms. The number of benzene rings is 2. The van der Waals surface area contributed by atoms with Gasteiger partial charge in [0.25, 0.3) is 0 Å². The van der Waals surface area contributed by atoms with E-state index in [-0.39, 0.29) is 5.69 Å². The summed E-state index contributed by atoms with van der Waals surface area (Å²) in [5, 5.41) is 3.35. The first-order valence-electron chi connectivity index (χ1n) is 6.26. The summed E-state index contributed by atoms with van der Waals surface area (Å²) in [4.78, 5) is 0. The Morgan fingerprint density at radius 3 is 2.80 bits per heavy atom. The van der Waals surface area contributed by atoms with Gasteiger partial charge in [-0.1, -0.05) is 18.2 Å². The van der Waals surface area contributed by atoms with Crippen LogP contribution in [0.25, 0.3) is 10.1 Å². The molecule has 0 radical (unpaired) electrons. The largest absolute Gasteiger partial charge is 0.496 e. The number of halogens is 1. The lowest BCUT2D eigenvalue weighted by Crippen LogP contribution is -1.98. The van der Waals surface area contributed by atoms with Gasteiger partial charge in [-0.3, -0.25) is 0 Å². The molecule has 0 aliphatic heterocycles. The summed E-state index contributed by atoms with van der Waals surface area (Å²) in [6.07, 6.45) is 0.678. The first-order chi connectivity index (χ1) is 9.69. The van der Waals surface area contributed by atoms with Gasteiger partial charge in [0.15, 0.2) is 0 Å². The molecule has 0 fully saturated rings. The molecule has 3 rings (SSSR count). The molecular formula is C16H14FNOS. The van der Waals surface area contributed by atoms with Gasteiger partial charge in [-0.2, -0.15) is 0 Å². The second-order valence-electron chi connectivity index (χ2n) is 4.62. The van der Waals surface area contributed by atoms with E-state index < -0.39 is 5.82 Å². The monoisotopic (exact) mass is 287 g/mol. The molecule has 4 heteroatoms. The van der Waals surface area contributed by atoms with Crippen molar-refractivity contribution in [1.82, 2.24) is 0 Å². The van der Waals surface area contributed by atoms with Gasteiger partial charge in [-0.25, -0.2) is 4.39 Å². The molecule has 0 aliphatic carbocycles. The highest BCUT2D eigenvalue weighted by Crippen LogP contribution is 2.31.